The molecule has 1 amide bonds. The van der Waals surface area contributed by atoms with Crippen LogP contribution in [0.15, 0.2) is 18.5 Å². The third-order valence-corrected chi connectivity index (χ3v) is 4.04. The molecule has 1 aromatic heterocycles. The van der Waals surface area contributed by atoms with Crippen LogP contribution in [0.4, 0.5) is 5.95 Å². The van der Waals surface area contributed by atoms with Gasteiger partial charge < -0.3 is 19.7 Å². The van der Waals surface area contributed by atoms with Crippen LogP contribution in [0.1, 0.15) is 12.8 Å². The van der Waals surface area contributed by atoms with Crippen molar-refractivity contribution in [2.24, 2.45) is 0 Å². The summed E-state index contributed by atoms with van der Waals surface area (Å²) in [4.78, 5) is 22.0. The maximum absolute atomic E-state index is 11.9. The van der Waals surface area contributed by atoms with Crippen molar-refractivity contribution in [3.8, 4) is 0 Å². The number of carbonyl (C=O) groups excluding carboxylic acids is 1. The van der Waals surface area contributed by atoms with Crippen LogP contribution >= 0.6 is 0 Å². The summed E-state index contributed by atoms with van der Waals surface area (Å²) >= 11 is 0. The Morgan fingerprint density at radius 3 is 3.14 bits per heavy atom. The summed E-state index contributed by atoms with van der Waals surface area (Å²) < 4.78 is 10.9. The SMILES string of the molecule is COCC(=O)N1CC[C@]2(C[C@H](Nc3ncccn3)CO2)C1. The van der Waals surface area contributed by atoms with Crippen molar-refractivity contribution >= 4 is 11.9 Å². The Kier molecular flexibility index (Phi) is 4.03. The number of amides is 1. The molecule has 1 spiro atoms. The molecule has 2 aliphatic heterocycles. The second-order valence-corrected chi connectivity index (χ2v) is 5.61. The van der Waals surface area contributed by atoms with E-state index in [1.807, 2.05) is 4.90 Å². The maximum atomic E-state index is 11.9. The third kappa shape index (κ3) is 3.14. The lowest BCUT2D eigenvalue weighted by atomic mass is 9.97. The van der Waals surface area contributed by atoms with Gasteiger partial charge in [-0.05, 0) is 12.5 Å². The summed E-state index contributed by atoms with van der Waals surface area (Å²) in [6.07, 6.45) is 5.15. The van der Waals surface area contributed by atoms with Crippen molar-refractivity contribution in [2.75, 3.05) is 38.7 Å². The normalized spacial score (nSPS) is 28.2. The lowest BCUT2D eigenvalue weighted by molar-refractivity contribution is -0.135. The van der Waals surface area contributed by atoms with E-state index < -0.39 is 0 Å². The molecule has 2 fully saturated rings. The zero-order chi connectivity index (χ0) is 14.7. The highest BCUT2D eigenvalue weighted by atomic mass is 16.5. The Balaban J connectivity index is 1.56. The molecule has 2 saturated heterocycles. The summed E-state index contributed by atoms with van der Waals surface area (Å²) in [5.41, 5.74) is -0.226. The number of ether oxygens (including phenoxy) is 2. The molecule has 2 aliphatic rings. The number of carbonyl (C=O) groups is 1. The van der Waals surface area contributed by atoms with Gasteiger partial charge in [-0.1, -0.05) is 0 Å². The Labute approximate surface area is 123 Å². The molecular formula is C14H20N4O3. The minimum atomic E-state index is -0.226. The fraction of sp³-hybridized carbons (Fsp3) is 0.643. The van der Waals surface area contributed by atoms with Crippen LogP contribution in [-0.2, 0) is 14.3 Å². The third-order valence-electron chi connectivity index (χ3n) is 4.04. The van der Waals surface area contributed by atoms with E-state index in [2.05, 4.69) is 15.3 Å². The molecule has 0 saturated carbocycles. The molecule has 1 N–H and O–H groups in total. The number of methoxy groups -OCH3 is 1. The van der Waals surface area contributed by atoms with E-state index >= 15 is 0 Å². The zero-order valence-corrected chi connectivity index (χ0v) is 12.1. The number of aromatic nitrogens is 2. The highest BCUT2D eigenvalue weighted by Gasteiger charge is 2.46. The maximum Gasteiger partial charge on any atom is 0.248 e. The Morgan fingerprint density at radius 1 is 1.57 bits per heavy atom. The van der Waals surface area contributed by atoms with Gasteiger partial charge in [-0.25, -0.2) is 9.97 Å². The van der Waals surface area contributed by atoms with Crippen LogP contribution in [0.25, 0.3) is 0 Å². The second-order valence-electron chi connectivity index (χ2n) is 5.61. The van der Waals surface area contributed by atoms with E-state index in [0.29, 0.717) is 19.1 Å². The van der Waals surface area contributed by atoms with Gasteiger partial charge in [0.05, 0.1) is 18.2 Å². The smallest absolute Gasteiger partial charge is 0.248 e. The number of likely N-dealkylation sites (tertiary alicyclic amines) is 1. The summed E-state index contributed by atoms with van der Waals surface area (Å²) in [7, 11) is 1.54. The molecule has 0 bridgehead atoms. The molecule has 0 radical (unpaired) electrons. The molecule has 0 aromatic carbocycles. The molecule has 21 heavy (non-hydrogen) atoms. The van der Waals surface area contributed by atoms with Gasteiger partial charge in [0.15, 0.2) is 0 Å². The summed E-state index contributed by atoms with van der Waals surface area (Å²) in [6.45, 7) is 2.12. The fourth-order valence-electron chi connectivity index (χ4n) is 3.05. The molecule has 114 valence electrons. The van der Waals surface area contributed by atoms with Crippen LogP contribution in [0.5, 0.6) is 0 Å². The van der Waals surface area contributed by atoms with Crippen LogP contribution < -0.4 is 5.32 Å². The van der Waals surface area contributed by atoms with Crippen molar-refractivity contribution < 1.29 is 14.3 Å². The van der Waals surface area contributed by atoms with E-state index in [1.54, 1.807) is 18.5 Å². The van der Waals surface area contributed by atoms with Gasteiger partial charge in [0.1, 0.15) is 6.61 Å². The van der Waals surface area contributed by atoms with Crippen molar-refractivity contribution in [3.05, 3.63) is 18.5 Å². The van der Waals surface area contributed by atoms with E-state index in [-0.39, 0.29) is 24.2 Å². The lowest BCUT2D eigenvalue weighted by Crippen LogP contribution is -2.37. The standard InChI is InChI=1S/C14H20N4O3/c1-20-9-12(19)18-6-3-14(10-18)7-11(8-21-14)17-13-15-4-2-5-16-13/h2,4-5,11H,3,6-10H2,1H3,(H,15,16,17)/t11-,14-/m0/s1. The molecule has 2 atom stereocenters. The van der Waals surface area contributed by atoms with E-state index in [0.717, 1.165) is 19.4 Å². The predicted molar refractivity (Wildman–Crippen MR) is 75.8 cm³/mol. The fourth-order valence-corrected chi connectivity index (χ4v) is 3.05. The first-order chi connectivity index (χ1) is 10.2. The molecular weight excluding hydrogens is 272 g/mol. The Morgan fingerprint density at radius 2 is 2.38 bits per heavy atom. The molecule has 0 aliphatic carbocycles. The number of nitrogens with one attached hydrogen (secondary N) is 1. The number of anilines is 1. The van der Waals surface area contributed by atoms with Gasteiger partial charge in [0.25, 0.3) is 0 Å². The first kappa shape index (κ1) is 14.2. The predicted octanol–water partition coefficient (Wildman–Crippen LogP) is 0.295. The monoisotopic (exact) mass is 292 g/mol. The molecule has 0 unspecified atom stereocenters. The minimum absolute atomic E-state index is 0.0285. The topological polar surface area (TPSA) is 76.6 Å². The highest BCUT2D eigenvalue weighted by molar-refractivity contribution is 5.77. The Hall–Kier alpha value is -1.73. The quantitative estimate of drug-likeness (QED) is 0.860. The van der Waals surface area contributed by atoms with Crippen molar-refractivity contribution in [3.63, 3.8) is 0 Å². The number of hydrogen-bond acceptors (Lipinski definition) is 6. The van der Waals surface area contributed by atoms with E-state index in [1.165, 1.54) is 7.11 Å². The zero-order valence-electron chi connectivity index (χ0n) is 12.1. The second kappa shape index (κ2) is 5.95. The van der Waals surface area contributed by atoms with Gasteiger partial charge in [-0.15, -0.1) is 0 Å². The molecule has 7 nitrogen and oxygen atoms in total. The van der Waals surface area contributed by atoms with Crippen LogP contribution in [0.2, 0.25) is 0 Å². The van der Waals surface area contributed by atoms with E-state index in [9.17, 15) is 4.79 Å². The van der Waals surface area contributed by atoms with Gasteiger partial charge in [-0.2, -0.15) is 0 Å². The summed E-state index contributed by atoms with van der Waals surface area (Å²) in [5, 5.41) is 3.29. The van der Waals surface area contributed by atoms with Crippen LogP contribution in [-0.4, -0.2) is 65.8 Å². The first-order valence-electron chi connectivity index (χ1n) is 7.15. The largest absolute Gasteiger partial charge is 0.375 e. The highest BCUT2D eigenvalue weighted by Crippen LogP contribution is 2.35. The van der Waals surface area contributed by atoms with Crippen LogP contribution in [0.3, 0.4) is 0 Å². The van der Waals surface area contributed by atoms with Crippen molar-refractivity contribution in [2.45, 2.75) is 24.5 Å². The van der Waals surface area contributed by atoms with Crippen molar-refractivity contribution in [1.29, 1.82) is 0 Å². The molecule has 3 heterocycles. The summed E-state index contributed by atoms with van der Waals surface area (Å²) in [5.74, 6) is 0.647. The van der Waals surface area contributed by atoms with Crippen molar-refractivity contribution in [1.82, 2.24) is 14.9 Å². The number of nitrogens with zero attached hydrogens (tertiary/aromatic N) is 3. The van der Waals surface area contributed by atoms with Gasteiger partial charge >= 0.3 is 0 Å². The molecule has 7 heteroatoms. The van der Waals surface area contributed by atoms with E-state index in [4.69, 9.17) is 9.47 Å². The summed E-state index contributed by atoms with van der Waals surface area (Å²) in [6, 6.07) is 1.97. The van der Waals surface area contributed by atoms with Gasteiger partial charge in [0.2, 0.25) is 11.9 Å². The number of hydrogen-bond donors (Lipinski definition) is 1. The first-order valence-corrected chi connectivity index (χ1v) is 7.15. The average molecular weight is 292 g/mol. The minimum Gasteiger partial charge on any atom is -0.375 e. The van der Waals surface area contributed by atoms with Crippen LogP contribution in [0, 0.1) is 0 Å². The molecule has 1 aromatic rings. The number of rotatable bonds is 4. The molecule has 3 rings (SSSR count). The Bertz CT molecular complexity index is 498. The lowest BCUT2D eigenvalue weighted by Gasteiger charge is -2.23. The van der Waals surface area contributed by atoms with Gasteiger partial charge in [-0.3, -0.25) is 4.79 Å². The van der Waals surface area contributed by atoms with Gasteiger partial charge in [0, 0.05) is 39.0 Å². The average Bonchev–Trinajstić information content (AvgIpc) is 3.08.